The van der Waals surface area contributed by atoms with Crippen LogP contribution in [0, 0.1) is 22.7 Å². The molecule has 0 aliphatic carbocycles. The summed E-state index contributed by atoms with van der Waals surface area (Å²) in [5.41, 5.74) is 4.07. The lowest BCUT2D eigenvalue weighted by atomic mass is 10.0. The van der Waals surface area contributed by atoms with Gasteiger partial charge in [0, 0.05) is 57.3 Å². The molecule has 0 spiro atoms. The standard InChI is InChI=1S/C26H35N4O6P.C25H32N3O7P/c1-37(32,36-28)35-16-15-34-14-13-33-12-9-29-26(31)24(20-27)18-21-5-6-23-19-25(8-7-22(23)17-21)30-10-3-2-4-11-30;26-19-23(25(29)27-8-11-33-12-13-34-14-15-35-36(30,31)32)17-20-4-5-22-18-24(7-6-21(22)16-20)28-9-2-1-3-10-28/h5-8,17-19H,2-4,9-16,28H2,1H3,(H,29,31);4-7,16-18H,1-3,8-15H2,(H,27,29)(H2,30,31,32)/b24-18+;23-17+. The Balaban J connectivity index is 0.000000271. The Kier molecular flexibility index (Phi) is 25.0. The first-order valence-corrected chi connectivity index (χ1v) is 27.8. The van der Waals surface area contributed by atoms with E-state index in [0.29, 0.717) is 13.2 Å². The summed E-state index contributed by atoms with van der Waals surface area (Å²) in [5.74, 6) is 3.92. The number of carbonyl (C=O) groups is 2. The van der Waals surface area contributed by atoms with E-state index >= 15 is 0 Å². The average molecular weight is 1050 g/mol. The Bertz CT molecular complexity index is 2660. The largest absolute Gasteiger partial charge is 0.469 e. The van der Waals surface area contributed by atoms with E-state index in [1.165, 1.54) is 56.6 Å². The van der Waals surface area contributed by atoms with Crippen LogP contribution in [0.15, 0.2) is 83.9 Å². The molecule has 0 bridgehead atoms. The molecular weight excluding hydrogens is 981 g/mol. The van der Waals surface area contributed by atoms with Gasteiger partial charge in [-0.25, -0.2) is 15.1 Å². The van der Waals surface area contributed by atoms with Crippen molar-refractivity contribution in [2.45, 2.75) is 38.5 Å². The quantitative estimate of drug-likeness (QED) is 0.0138. The second kappa shape index (κ2) is 31.3. The number of phosphoric ester groups is 1. The van der Waals surface area contributed by atoms with Crippen molar-refractivity contribution in [3.8, 4) is 12.1 Å². The predicted molar refractivity (Wildman–Crippen MR) is 279 cm³/mol. The van der Waals surface area contributed by atoms with Crippen LogP contribution < -0.4 is 26.3 Å². The summed E-state index contributed by atoms with van der Waals surface area (Å²) >= 11 is 0. The maximum Gasteiger partial charge on any atom is 0.469 e. The Morgan fingerprint density at radius 2 is 0.945 bits per heavy atom. The number of piperidine rings is 2. The number of ether oxygens (including phenoxy) is 4. The molecule has 0 saturated carbocycles. The molecule has 1 unspecified atom stereocenters. The number of fused-ring (bicyclic) bond motifs is 2. The molecule has 73 heavy (non-hydrogen) atoms. The third-order valence-electron chi connectivity index (χ3n) is 11.5. The lowest BCUT2D eigenvalue weighted by Crippen LogP contribution is -2.29. The molecule has 1 atom stereocenters. The highest BCUT2D eigenvalue weighted by Gasteiger charge is 2.17. The molecule has 394 valence electrons. The molecule has 6 rings (SSSR count). The molecule has 2 amide bonds. The van der Waals surface area contributed by atoms with Crippen molar-refractivity contribution < 1.29 is 61.1 Å². The number of phosphoric acid groups is 1. The van der Waals surface area contributed by atoms with Gasteiger partial charge in [-0.3, -0.25) is 18.7 Å². The second-order valence-electron chi connectivity index (χ2n) is 17.0. The second-order valence-corrected chi connectivity index (χ2v) is 20.3. The fourth-order valence-corrected chi connectivity index (χ4v) is 8.61. The van der Waals surface area contributed by atoms with Crippen molar-refractivity contribution in [3.05, 3.63) is 95.1 Å². The molecule has 4 aromatic carbocycles. The molecule has 22 heteroatoms. The van der Waals surface area contributed by atoms with Gasteiger partial charge in [-0.05, 0) is 120 Å². The third-order valence-corrected chi connectivity index (χ3v) is 13.1. The summed E-state index contributed by atoms with van der Waals surface area (Å²) in [4.78, 5) is 46.7. The zero-order valence-corrected chi connectivity index (χ0v) is 43.1. The Morgan fingerprint density at radius 3 is 1.34 bits per heavy atom. The van der Waals surface area contributed by atoms with Crippen LogP contribution in [-0.4, -0.2) is 134 Å². The van der Waals surface area contributed by atoms with E-state index in [4.69, 9.17) is 39.2 Å². The molecule has 2 aliphatic heterocycles. The average Bonchev–Trinajstić information content (AvgIpc) is 3.40. The van der Waals surface area contributed by atoms with Crippen LogP contribution in [0.2, 0.25) is 0 Å². The number of amides is 2. The minimum Gasteiger partial charge on any atom is -0.377 e. The predicted octanol–water partition coefficient (Wildman–Crippen LogP) is 6.61. The molecule has 20 nitrogen and oxygen atoms in total. The molecular formula is C51H67N7O13P2. The van der Waals surface area contributed by atoms with E-state index in [9.17, 15) is 29.2 Å². The van der Waals surface area contributed by atoms with Crippen LogP contribution in [0.4, 0.5) is 11.4 Å². The number of hydrogen-bond acceptors (Lipinski definition) is 16. The number of rotatable bonds is 27. The van der Waals surface area contributed by atoms with Crippen molar-refractivity contribution in [3.63, 3.8) is 0 Å². The number of anilines is 2. The summed E-state index contributed by atoms with van der Waals surface area (Å²) < 4.78 is 56.5. The first kappa shape index (κ1) is 58.4. The van der Waals surface area contributed by atoms with Gasteiger partial charge in [0.25, 0.3) is 11.8 Å². The van der Waals surface area contributed by atoms with Gasteiger partial charge in [0.15, 0.2) is 0 Å². The van der Waals surface area contributed by atoms with Gasteiger partial charge in [0.1, 0.15) is 23.3 Å². The van der Waals surface area contributed by atoms with E-state index in [1.807, 2.05) is 48.5 Å². The van der Waals surface area contributed by atoms with Gasteiger partial charge < -0.3 is 53.7 Å². The normalized spacial score (nSPS) is 15.2. The Labute approximate surface area is 426 Å². The zero-order chi connectivity index (χ0) is 52.3. The van der Waals surface area contributed by atoms with Crippen LogP contribution in [0.5, 0.6) is 0 Å². The van der Waals surface area contributed by atoms with Gasteiger partial charge in [-0.2, -0.15) is 10.5 Å². The summed E-state index contributed by atoms with van der Waals surface area (Å²) in [6.07, 6.45) is 10.7. The Morgan fingerprint density at radius 1 is 0.575 bits per heavy atom. The number of nitrogens with zero attached hydrogens (tertiary/aromatic N) is 4. The highest BCUT2D eigenvalue weighted by molar-refractivity contribution is 7.52. The number of nitriles is 2. The third kappa shape index (κ3) is 21.5. The maximum atomic E-state index is 12.4. The lowest BCUT2D eigenvalue weighted by Gasteiger charge is -2.29. The molecule has 0 radical (unpaired) electrons. The van der Waals surface area contributed by atoms with Gasteiger partial charge in [-0.1, -0.05) is 36.4 Å². The molecule has 2 fully saturated rings. The molecule has 0 aromatic heterocycles. The fraction of sp³-hybridized carbons (Fsp3) is 0.451. The van der Waals surface area contributed by atoms with Gasteiger partial charge >= 0.3 is 15.4 Å². The first-order valence-electron chi connectivity index (χ1n) is 24.3. The minimum atomic E-state index is -4.48. The molecule has 4 aromatic rings. The molecule has 2 heterocycles. The highest BCUT2D eigenvalue weighted by atomic mass is 31.2. The van der Waals surface area contributed by atoms with E-state index in [1.54, 1.807) is 12.2 Å². The molecule has 2 aliphatic rings. The molecule has 6 N–H and O–H groups in total. The van der Waals surface area contributed by atoms with Crippen LogP contribution >= 0.6 is 15.4 Å². The lowest BCUT2D eigenvalue weighted by molar-refractivity contribution is -0.118. The van der Waals surface area contributed by atoms with Crippen LogP contribution in [0.1, 0.15) is 49.7 Å². The summed E-state index contributed by atoms with van der Waals surface area (Å²) in [5, 5.41) is 28.6. The van der Waals surface area contributed by atoms with Crippen LogP contribution in [-0.2, 0) is 51.3 Å². The van der Waals surface area contributed by atoms with E-state index in [0.717, 1.165) is 58.9 Å². The topological polar surface area (TPSA) is 277 Å². The van der Waals surface area contributed by atoms with E-state index in [-0.39, 0.29) is 77.1 Å². The number of carbonyl (C=O) groups excluding carboxylic acids is 2. The Hall–Kier alpha value is -5.54. The monoisotopic (exact) mass is 1050 g/mol. The van der Waals surface area contributed by atoms with E-state index < -0.39 is 27.2 Å². The van der Waals surface area contributed by atoms with Crippen molar-refractivity contribution in [1.29, 1.82) is 10.5 Å². The van der Waals surface area contributed by atoms with Crippen LogP contribution in [0.3, 0.4) is 0 Å². The molecule has 2 saturated heterocycles. The van der Waals surface area contributed by atoms with Gasteiger partial charge in [0.05, 0.1) is 66.1 Å². The fourth-order valence-electron chi connectivity index (χ4n) is 7.83. The van der Waals surface area contributed by atoms with Crippen molar-refractivity contribution in [1.82, 2.24) is 10.6 Å². The SMILES string of the molecule is CP(=O)(ON)OCCOCCOCCNC(=O)/C(C#N)=C/c1ccc2cc(N3CCCCC3)ccc2c1.N#C/C(=C\c1ccc2cc(N3CCCCC3)ccc2c1)C(=O)NCCOCCOCCOP(=O)(O)O. The van der Waals surface area contributed by atoms with Crippen molar-refractivity contribution in [2.75, 3.05) is 122 Å². The van der Waals surface area contributed by atoms with Gasteiger partial charge in [0.2, 0.25) is 0 Å². The van der Waals surface area contributed by atoms with Crippen LogP contribution in [0.25, 0.3) is 33.7 Å². The zero-order valence-electron chi connectivity index (χ0n) is 41.3. The maximum absolute atomic E-state index is 12.4. The first-order chi connectivity index (χ1) is 35.3. The minimum absolute atomic E-state index is 0.00711. The summed E-state index contributed by atoms with van der Waals surface area (Å²) in [6, 6.07) is 28.6. The summed E-state index contributed by atoms with van der Waals surface area (Å²) in [7, 11) is -7.69. The summed E-state index contributed by atoms with van der Waals surface area (Å²) in [6.45, 7) is 7.76. The van der Waals surface area contributed by atoms with Gasteiger partial charge in [-0.15, -0.1) is 0 Å². The number of benzene rings is 4. The number of nitrogens with two attached hydrogens (primary N) is 1. The van der Waals surface area contributed by atoms with E-state index in [2.05, 4.69) is 66.0 Å². The highest BCUT2D eigenvalue weighted by Crippen LogP contribution is 2.41. The number of hydrogen-bond donors (Lipinski definition) is 5. The number of nitrogens with one attached hydrogen (secondary N) is 2. The smallest absolute Gasteiger partial charge is 0.377 e. The van der Waals surface area contributed by atoms with Crippen molar-refractivity contribution >= 4 is 72.3 Å². The van der Waals surface area contributed by atoms with Crippen molar-refractivity contribution in [2.24, 2.45) is 5.90 Å².